The number of allylic oxidation sites excluding steroid dienone is 1. The summed E-state index contributed by atoms with van der Waals surface area (Å²) in [5, 5.41) is 0. The van der Waals surface area contributed by atoms with Gasteiger partial charge in [-0.05, 0) is 24.7 Å². The molecule has 0 aromatic heterocycles. The summed E-state index contributed by atoms with van der Waals surface area (Å²) in [6.45, 7) is 4.07. The lowest BCUT2D eigenvalue weighted by atomic mass is 9.62. The van der Waals surface area contributed by atoms with Gasteiger partial charge in [0.15, 0.2) is 0 Å². The van der Waals surface area contributed by atoms with Gasteiger partial charge >= 0.3 is 0 Å². The smallest absolute Gasteiger partial charge is 0.0276 e. The molecule has 9 heavy (non-hydrogen) atoms. The van der Waals surface area contributed by atoms with Gasteiger partial charge in [-0.3, -0.25) is 0 Å². The van der Waals surface area contributed by atoms with Crippen LogP contribution in [0.3, 0.4) is 0 Å². The molecule has 0 radical (unpaired) electrons. The molecule has 0 nitrogen and oxygen atoms in total. The first-order chi connectivity index (χ1) is 4.30. The van der Waals surface area contributed by atoms with Crippen molar-refractivity contribution in [2.45, 2.75) is 24.1 Å². The van der Waals surface area contributed by atoms with Crippen molar-refractivity contribution in [1.29, 1.82) is 0 Å². The summed E-state index contributed by atoms with van der Waals surface area (Å²) in [6, 6.07) is 0. The quantitative estimate of drug-likeness (QED) is 0.404. The van der Waals surface area contributed by atoms with Gasteiger partial charge in [-0.15, -0.1) is 0 Å². The maximum atomic E-state index is 4.07. The average Bonchev–Trinajstić information content (AvgIpc) is 1.91. The zero-order valence-electron chi connectivity index (χ0n) is 5.44. The second-order valence-corrected chi connectivity index (χ2v) is 4.22. The van der Waals surface area contributed by atoms with Gasteiger partial charge in [0.05, 0.1) is 0 Å². The summed E-state index contributed by atoms with van der Waals surface area (Å²) in [6.07, 6.45) is 4.19. The maximum absolute atomic E-state index is 4.07. The molecule has 3 aliphatic carbocycles. The molecule has 0 aliphatic heterocycles. The van der Waals surface area contributed by atoms with Crippen molar-refractivity contribution in [1.82, 2.24) is 0 Å². The lowest BCUT2D eigenvalue weighted by Crippen LogP contribution is -2.43. The number of alkyl halides is 1. The van der Waals surface area contributed by atoms with Gasteiger partial charge in [-0.25, -0.2) is 0 Å². The number of fused-ring (bicyclic) bond motifs is 2. The molecule has 2 atom stereocenters. The van der Waals surface area contributed by atoms with Gasteiger partial charge in [0.2, 0.25) is 0 Å². The first-order valence-corrected chi connectivity index (χ1v) is 4.55. The number of rotatable bonds is 0. The van der Waals surface area contributed by atoms with E-state index < -0.39 is 0 Å². The van der Waals surface area contributed by atoms with E-state index in [1.807, 2.05) is 0 Å². The molecule has 0 amide bonds. The van der Waals surface area contributed by atoms with Crippen LogP contribution in [0, 0.1) is 11.8 Å². The minimum Gasteiger partial charge on any atom is -0.0992 e. The fourth-order valence-electron chi connectivity index (χ4n) is 2.09. The molecule has 0 saturated heterocycles. The number of halogens is 1. The molecular formula is C8H11Br. The Hall–Kier alpha value is 0.220. The van der Waals surface area contributed by atoms with Gasteiger partial charge in [0.1, 0.15) is 0 Å². The lowest BCUT2D eigenvalue weighted by molar-refractivity contribution is 0.235. The SMILES string of the molecule is C=C1C2CCCC1C2Br. The highest BCUT2D eigenvalue weighted by atomic mass is 79.9. The Labute approximate surface area is 64.5 Å². The van der Waals surface area contributed by atoms with Crippen molar-refractivity contribution < 1.29 is 0 Å². The fourth-order valence-corrected chi connectivity index (χ4v) is 3.30. The van der Waals surface area contributed by atoms with E-state index >= 15 is 0 Å². The van der Waals surface area contributed by atoms with Gasteiger partial charge in [0.25, 0.3) is 0 Å². The Kier molecular flexibility index (Phi) is 1.23. The highest BCUT2D eigenvalue weighted by Gasteiger charge is 2.45. The minimum absolute atomic E-state index is 0.791. The molecule has 3 fully saturated rings. The summed E-state index contributed by atoms with van der Waals surface area (Å²) < 4.78 is 0. The summed E-state index contributed by atoms with van der Waals surface area (Å²) in [5.41, 5.74) is 1.52. The second-order valence-electron chi connectivity index (χ2n) is 3.16. The first-order valence-electron chi connectivity index (χ1n) is 3.63. The van der Waals surface area contributed by atoms with E-state index in [1.54, 1.807) is 0 Å². The van der Waals surface area contributed by atoms with Crippen LogP contribution in [-0.2, 0) is 0 Å². The standard InChI is InChI=1S/C8H11Br/c1-5-6-3-2-4-7(5)8(6)9/h6-8H,1-4H2. The third-order valence-electron chi connectivity index (χ3n) is 2.75. The van der Waals surface area contributed by atoms with E-state index in [2.05, 4.69) is 22.5 Å². The minimum atomic E-state index is 0.791. The summed E-state index contributed by atoms with van der Waals surface area (Å²) in [4.78, 5) is 0.791. The molecule has 1 heteroatoms. The second kappa shape index (κ2) is 1.85. The Morgan fingerprint density at radius 2 is 1.89 bits per heavy atom. The van der Waals surface area contributed by atoms with Crippen LogP contribution < -0.4 is 0 Å². The average molecular weight is 187 g/mol. The molecule has 3 aliphatic rings. The molecule has 0 spiro atoms. The van der Waals surface area contributed by atoms with Gasteiger partial charge < -0.3 is 0 Å². The molecule has 0 heterocycles. The van der Waals surface area contributed by atoms with Gasteiger partial charge in [-0.2, -0.15) is 0 Å². The van der Waals surface area contributed by atoms with Crippen LogP contribution in [-0.4, -0.2) is 4.83 Å². The Bertz CT molecular complexity index is 137. The molecule has 0 aromatic rings. The first kappa shape index (κ1) is 5.96. The predicted octanol–water partition coefficient (Wildman–Crippen LogP) is 2.74. The Morgan fingerprint density at radius 3 is 2.11 bits per heavy atom. The van der Waals surface area contributed by atoms with Gasteiger partial charge in [-0.1, -0.05) is 34.5 Å². The lowest BCUT2D eigenvalue weighted by Gasteiger charge is -2.48. The Balaban J connectivity index is 2.17. The van der Waals surface area contributed by atoms with Crippen LogP contribution in [0.15, 0.2) is 12.2 Å². The monoisotopic (exact) mass is 186 g/mol. The van der Waals surface area contributed by atoms with Crippen molar-refractivity contribution >= 4 is 15.9 Å². The molecule has 2 unspecified atom stereocenters. The van der Waals surface area contributed by atoms with Gasteiger partial charge in [0, 0.05) is 4.83 Å². The van der Waals surface area contributed by atoms with Crippen LogP contribution >= 0.6 is 15.9 Å². The van der Waals surface area contributed by atoms with Crippen molar-refractivity contribution in [2.24, 2.45) is 11.8 Å². The highest BCUT2D eigenvalue weighted by molar-refractivity contribution is 9.09. The van der Waals surface area contributed by atoms with Crippen LogP contribution in [0.25, 0.3) is 0 Å². The highest BCUT2D eigenvalue weighted by Crippen LogP contribution is 2.52. The molecular weight excluding hydrogens is 176 g/mol. The summed E-state index contributed by atoms with van der Waals surface area (Å²) in [7, 11) is 0. The summed E-state index contributed by atoms with van der Waals surface area (Å²) >= 11 is 3.68. The number of hydrogen-bond donors (Lipinski definition) is 0. The third-order valence-corrected chi connectivity index (χ3v) is 4.03. The van der Waals surface area contributed by atoms with Crippen LogP contribution in [0.2, 0.25) is 0 Å². The number of hydrogen-bond acceptors (Lipinski definition) is 0. The molecule has 3 rings (SSSR count). The molecule has 0 N–H and O–H groups in total. The molecule has 3 saturated carbocycles. The normalized spacial score (nSPS) is 48.6. The molecule has 0 aromatic carbocycles. The van der Waals surface area contributed by atoms with E-state index in [4.69, 9.17) is 0 Å². The van der Waals surface area contributed by atoms with Crippen LogP contribution in [0.4, 0.5) is 0 Å². The molecule has 2 bridgehead atoms. The van der Waals surface area contributed by atoms with Crippen LogP contribution in [0.1, 0.15) is 19.3 Å². The zero-order chi connectivity index (χ0) is 6.43. The van der Waals surface area contributed by atoms with E-state index in [-0.39, 0.29) is 0 Å². The summed E-state index contributed by atoms with van der Waals surface area (Å²) in [5.74, 6) is 1.67. The maximum Gasteiger partial charge on any atom is 0.0276 e. The van der Waals surface area contributed by atoms with Crippen molar-refractivity contribution in [2.75, 3.05) is 0 Å². The van der Waals surface area contributed by atoms with Crippen molar-refractivity contribution in [3.8, 4) is 0 Å². The van der Waals surface area contributed by atoms with E-state index in [9.17, 15) is 0 Å². The van der Waals surface area contributed by atoms with Crippen molar-refractivity contribution in [3.63, 3.8) is 0 Å². The van der Waals surface area contributed by atoms with Crippen LogP contribution in [0.5, 0.6) is 0 Å². The topological polar surface area (TPSA) is 0 Å². The Morgan fingerprint density at radius 1 is 1.33 bits per heavy atom. The molecule has 50 valence electrons. The third kappa shape index (κ3) is 0.644. The zero-order valence-corrected chi connectivity index (χ0v) is 7.02. The van der Waals surface area contributed by atoms with Crippen molar-refractivity contribution in [3.05, 3.63) is 12.2 Å². The van der Waals surface area contributed by atoms with E-state index in [1.165, 1.54) is 24.8 Å². The van der Waals surface area contributed by atoms with E-state index in [0.717, 1.165) is 16.7 Å². The predicted molar refractivity (Wildman–Crippen MR) is 42.7 cm³/mol. The fraction of sp³-hybridized carbons (Fsp3) is 0.750. The largest absolute Gasteiger partial charge is 0.0992 e. The van der Waals surface area contributed by atoms with E-state index in [0.29, 0.717) is 0 Å².